The maximum absolute atomic E-state index is 12.7. The maximum Gasteiger partial charge on any atom is 0.251 e. The summed E-state index contributed by atoms with van der Waals surface area (Å²) >= 11 is 0. The highest BCUT2D eigenvalue weighted by Gasteiger charge is 2.12. The van der Waals surface area contributed by atoms with Gasteiger partial charge in [-0.15, -0.1) is 0 Å². The van der Waals surface area contributed by atoms with E-state index in [1.807, 2.05) is 24.3 Å². The second-order valence-corrected chi connectivity index (χ2v) is 8.87. The normalized spacial score (nSPS) is 14.4. The second-order valence-electron chi connectivity index (χ2n) is 8.87. The van der Waals surface area contributed by atoms with Crippen LogP contribution in [-0.2, 0) is 0 Å². The Morgan fingerprint density at radius 3 is 2.27 bits per heavy atom. The summed E-state index contributed by atoms with van der Waals surface area (Å²) in [6.07, 6.45) is 5.57. The number of fused-ring (bicyclic) bond motifs is 2. The molecule has 1 heterocycles. The van der Waals surface area contributed by atoms with Crippen LogP contribution in [-0.4, -0.2) is 37.0 Å². The Balaban J connectivity index is 1.08. The van der Waals surface area contributed by atoms with E-state index in [0.29, 0.717) is 6.54 Å². The van der Waals surface area contributed by atoms with E-state index in [-0.39, 0.29) is 5.91 Å². The maximum atomic E-state index is 12.7. The molecule has 0 spiro atoms. The number of hydrogen-bond acceptors (Lipinski definition) is 2. The van der Waals surface area contributed by atoms with Crippen molar-refractivity contribution >= 4 is 33.0 Å². The number of benzene rings is 4. The van der Waals surface area contributed by atoms with Crippen LogP contribution in [0.15, 0.2) is 91.0 Å². The Kier molecular flexibility index (Phi) is 6.50. The van der Waals surface area contributed by atoms with Crippen LogP contribution >= 0.6 is 0 Å². The minimum atomic E-state index is 0.0125. The summed E-state index contributed by atoms with van der Waals surface area (Å²) < 4.78 is 0. The zero-order chi connectivity index (χ0) is 22.5. The molecule has 5 rings (SSSR count). The second kappa shape index (κ2) is 10.0. The number of nitrogens with one attached hydrogen (secondary N) is 1. The highest BCUT2D eigenvalue weighted by atomic mass is 16.1. The molecule has 0 radical (unpaired) electrons. The smallest absolute Gasteiger partial charge is 0.251 e. The summed E-state index contributed by atoms with van der Waals surface area (Å²) in [5, 5.41) is 7.79. The standard InChI is InChI=1S/C30H30N2O/c33-30(28-13-12-27-20-25-10-4-5-11-26(25)21-29(27)22-28)31-16-6-7-17-32-18-14-24(15-19-32)23-8-2-1-3-9-23/h1-5,8-14,20-22H,6-7,15-19H2,(H,31,33). The fraction of sp³-hybridized carbons (Fsp3) is 0.233. The SMILES string of the molecule is O=C(NCCCCN1CC=C(c2ccccc2)CC1)c1ccc2cc3ccccc3cc2c1. The molecule has 166 valence electrons. The Morgan fingerprint density at radius 1 is 0.788 bits per heavy atom. The first kappa shape index (κ1) is 21.4. The lowest BCUT2D eigenvalue weighted by Gasteiger charge is -2.26. The molecule has 0 atom stereocenters. The van der Waals surface area contributed by atoms with Gasteiger partial charge in [0, 0.05) is 25.2 Å². The lowest BCUT2D eigenvalue weighted by atomic mass is 9.99. The average Bonchev–Trinajstić information content (AvgIpc) is 2.87. The number of carbonyl (C=O) groups excluding carboxylic acids is 1. The lowest BCUT2D eigenvalue weighted by Crippen LogP contribution is -2.30. The molecule has 0 aromatic heterocycles. The molecule has 0 bridgehead atoms. The van der Waals surface area contributed by atoms with Gasteiger partial charge in [0.2, 0.25) is 0 Å². The van der Waals surface area contributed by atoms with E-state index in [1.54, 1.807) is 0 Å². The molecule has 1 amide bonds. The topological polar surface area (TPSA) is 32.3 Å². The third-order valence-corrected chi connectivity index (χ3v) is 6.59. The number of carbonyl (C=O) groups is 1. The highest BCUT2D eigenvalue weighted by molar-refractivity contribution is 6.03. The molecule has 3 nitrogen and oxygen atoms in total. The van der Waals surface area contributed by atoms with Crippen molar-refractivity contribution in [3.8, 4) is 0 Å². The third kappa shape index (κ3) is 5.15. The van der Waals surface area contributed by atoms with Gasteiger partial charge in [-0.1, -0.05) is 66.7 Å². The summed E-state index contributed by atoms with van der Waals surface area (Å²) in [7, 11) is 0. The predicted octanol–water partition coefficient (Wildman–Crippen LogP) is 6.29. The molecular weight excluding hydrogens is 404 g/mol. The van der Waals surface area contributed by atoms with Crippen LogP contribution in [0, 0.1) is 0 Å². The molecule has 0 saturated carbocycles. The van der Waals surface area contributed by atoms with Gasteiger partial charge in [0.05, 0.1) is 0 Å². The molecule has 0 fully saturated rings. The molecule has 4 aromatic carbocycles. The van der Waals surface area contributed by atoms with Crippen LogP contribution in [0.3, 0.4) is 0 Å². The Hall–Kier alpha value is -3.43. The summed E-state index contributed by atoms with van der Waals surface area (Å²) in [4.78, 5) is 15.2. The van der Waals surface area contributed by atoms with Gasteiger partial charge >= 0.3 is 0 Å². The Labute approximate surface area is 195 Å². The zero-order valence-electron chi connectivity index (χ0n) is 19.0. The van der Waals surface area contributed by atoms with Crippen LogP contribution in [0.2, 0.25) is 0 Å². The van der Waals surface area contributed by atoms with Gasteiger partial charge in [0.25, 0.3) is 5.91 Å². The summed E-state index contributed by atoms with van der Waals surface area (Å²) in [5.74, 6) is 0.0125. The van der Waals surface area contributed by atoms with E-state index in [1.165, 1.54) is 21.9 Å². The number of hydrogen-bond donors (Lipinski definition) is 1. The van der Waals surface area contributed by atoms with Crippen molar-refractivity contribution in [3.05, 3.63) is 102 Å². The predicted molar refractivity (Wildman–Crippen MR) is 138 cm³/mol. The van der Waals surface area contributed by atoms with E-state index in [0.717, 1.165) is 55.2 Å². The van der Waals surface area contributed by atoms with Gasteiger partial charge in [-0.2, -0.15) is 0 Å². The van der Waals surface area contributed by atoms with Crippen molar-refractivity contribution in [2.45, 2.75) is 19.3 Å². The number of amides is 1. The van der Waals surface area contributed by atoms with E-state index < -0.39 is 0 Å². The van der Waals surface area contributed by atoms with Crippen molar-refractivity contribution in [1.29, 1.82) is 0 Å². The molecular formula is C30H30N2O. The monoisotopic (exact) mass is 434 g/mol. The van der Waals surface area contributed by atoms with Gasteiger partial charge in [-0.05, 0) is 82.8 Å². The van der Waals surface area contributed by atoms with Gasteiger partial charge in [-0.3, -0.25) is 9.69 Å². The van der Waals surface area contributed by atoms with Crippen molar-refractivity contribution in [2.75, 3.05) is 26.2 Å². The lowest BCUT2D eigenvalue weighted by molar-refractivity contribution is 0.0952. The van der Waals surface area contributed by atoms with Gasteiger partial charge in [-0.25, -0.2) is 0 Å². The highest BCUT2D eigenvalue weighted by Crippen LogP contribution is 2.24. The van der Waals surface area contributed by atoms with Crippen LogP contribution in [0.1, 0.15) is 35.2 Å². The molecule has 4 aromatic rings. The van der Waals surface area contributed by atoms with Crippen molar-refractivity contribution < 1.29 is 4.79 Å². The first-order valence-electron chi connectivity index (χ1n) is 11.9. The average molecular weight is 435 g/mol. The number of unbranched alkanes of at least 4 members (excludes halogenated alkanes) is 1. The Morgan fingerprint density at radius 2 is 1.52 bits per heavy atom. The van der Waals surface area contributed by atoms with Crippen molar-refractivity contribution in [3.63, 3.8) is 0 Å². The van der Waals surface area contributed by atoms with Gasteiger partial charge < -0.3 is 5.32 Å². The molecule has 1 aliphatic rings. The van der Waals surface area contributed by atoms with E-state index in [2.05, 4.69) is 77.0 Å². The van der Waals surface area contributed by atoms with E-state index in [4.69, 9.17) is 0 Å². The fourth-order valence-corrected chi connectivity index (χ4v) is 4.67. The van der Waals surface area contributed by atoms with Crippen molar-refractivity contribution in [2.24, 2.45) is 0 Å². The molecule has 1 aliphatic heterocycles. The minimum absolute atomic E-state index is 0.0125. The molecule has 33 heavy (non-hydrogen) atoms. The first-order valence-corrected chi connectivity index (χ1v) is 11.9. The van der Waals surface area contributed by atoms with Crippen molar-refractivity contribution in [1.82, 2.24) is 10.2 Å². The molecule has 1 N–H and O–H groups in total. The minimum Gasteiger partial charge on any atom is -0.352 e. The van der Waals surface area contributed by atoms with Gasteiger partial charge in [0.1, 0.15) is 0 Å². The zero-order valence-corrected chi connectivity index (χ0v) is 19.0. The quantitative estimate of drug-likeness (QED) is 0.274. The molecule has 0 unspecified atom stereocenters. The first-order chi connectivity index (χ1) is 16.3. The number of nitrogens with zero attached hydrogens (tertiary/aromatic N) is 1. The third-order valence-electron chi connectivity index (χ3n) is 6.59. The Bertz CT molecular complexity index is 1290. The van der Waals surface area contributed by atoms with Crippen LogP contribution < -0.4 is 5.32 Å². The van der Waals surface area contributed by atoms with Crippen LogP contribution in [0.4, 0.5) is 0 Å². The van der Waals surface area contributed by atoms with Crippen LogP contribution in [0.5, 0.6) is 0 Å². The van der Waals surface area contributed by atoms with E-state index in [9.17, 15) is 4.79 Å². The molecule has 3 heteroatoms. The van der Waals surface area contributed by atoms with Gasteiger partial charge in [0.15, 0.2) is 0 Å². The summed E-state index contributed by atoms with van der Waals surface area (Å²) in [6.45, 7) is 3.92. The van der Waals surface area contributed by atoms with Crippen LogP contribution in [0.25, 0.3) is 27.1 Å². The van der Waals surface area contributed by atoms with E-state index >= 15 is 0 Å². The largest absolute Gasteiger partial charge is 0.352 e. The summed E-state index contributed by atoms with van der Waals surface area (Å²) in [6, 6.07) is 29.3. The molecule has 0 saturated heterocycles. The molecule has 0 aliphatic carbocycles. The fourth-order valence-electron chi connectivity index (χ4n) is 4.67. The summed E-state index contributed by atoms with van der Waals surface area (Å²) in [5.41, 5.74) is 3.54. The number of rotatable bonds is 7.